The van der Waals surface area contributed by atoms with Crippen LogP contribution in [-0.4, -0.2) is 14.8 Å². The minimum Gasteiger partial charge on any atom is -0.121 e. The van der Waals surface area contributed by atoms with Crippen molar-refractivity contribution in [3.05, 3.63) is 24.3 Å². The monoisotopic (exact) mass is 267 g/mol. The molecule has 0 nitrogen and oxygen atoms in total. The fraction of sp³-hybridized carbons (Fsp3) is 0.250. The van der Waals surface area contributed by atoms with Crippen LogP contribution in [0.2, 0.25) is 13.1 Å². The highest BCUT2D eigenvalue weighted by molar-refractivity contribution is 7.69. The molecule has 0 aromatic heterocycles. The molecule has 0 aliphatic heterocycles. The Hall–Kier alpha value is 0.524. The van der Waals surface area contributed by atoms with Crippen LogP contribution in [0, 0.1) is 0 Å². The molecule has 1 radical (unpaired) electrons. The third kappa shape index (κ3) is 3.29. The average Bonchev–Trinajstić information content (AvgIpc) is 2.03. The Morgan fingerprint density at radius 2 is 1.77 bits per heavy atom. The van der Waals surface area contributed by atoms with Crippen LogP contribution in [0.4, 0.5) is 0 Å². The van der Waals surface area contributed by atoms with Gasteiger partial charge in [-0.1, -0.05) is 42.5 Å². The van der Waals surface area contributed by atoms with Crippen LogP contribution < -0.4 is 10.4 Å². The van der Waals surface area contributed by atoms with Crippen molar-refractivity contribution >= 4 is 58.4 Å². The lowest BCUT2D eigenvalue weighted by molar-refractivity contribution is 1.79. The fourth-order valence-electron chi connectivity index (χ4n) is 1.01. The first kappa shape index (κ1) is 11.6. The standard InChI is InChI=1S/C8H10Cl3Si2/c1-12(2)7-4-3-5-8(6-7)13(9,10)11/h3-6H,1-2H3. The number of rotatable bonds is 2. The van der Waals surface area contributed by atoms with Crippen molar-refractivity contribution in [1.29, 1.82) is 0 Å². The Morgan fingerprint density at radius 1 is 1.15 bits per heavy atom. The molecule has 0 amide bonds. The third-order valence-corrected chi connectivity index (χ3v) is 6.16. The van der Waals surface area contributed by atoms with Gasteiger partial charge in [-0.15, -0.1) is 33.2 Å². The Morgan fingerprint density at radius 3 is 2.23 bits per heavy atom. The molecule has 1 aromatic carbocycles. The quantitative estimate of drug-likeness (QED) is 0.571. The van der Waals surface area contributed by atoms with Gasteiger partial charge in [-0.2, -0.15) is 0 Å². The molecule has 1 aromatic rings. The van der Waals surface area contributed by atoms with Crippen molar-refractivity contribution in [2.45, 2.75) is 13.1 Å². The summed E-state index contributed by atoms with van der Waals surface area (Å²) >= 11 is 17.7. The van der Waals surface area contributed by atoms with Crippen molar-refractivity contribution in [2.24, 2.45) is 0 Å². The second kappa shape index (κ2) is 4.36. The molecular formula is C8H10Cl3Si2. The van der Waals surface area contributed by atoms with Gasteiger partial charge in [-0.3, -0.25) is 0 Å². The zero-order valence-electron chi connectivity index (χ0n) is 7.44. The summed E-state index contributed by atoms with van der Waals surface area (Å²) in [4.78, 5) is 0. The summed E-state index contributed by atoms with van der Waals surface area (Å²) in [5.41, 5.74) is 0. The maximum Gasteiger partial charge on any atom is 0.372 e. The molecule has 1 rings (SSSR count). The van der Waals surface area contributed by atoms with E-state index in [2.05, 4.69) is 19.2 Å². The van der Waals surface area contributed by atoms with Crippen molar-refractivity contribution in [2.75, 3.05) is 0 Å². The van der Waals surface area contributed by atoms with E-state index >= 15 is 0 Å². The first-order valence-corrected chi connectivity index (χ1v) is 11.4. The fourth-order valence-corrected chi connectivity index (χ4v) is 3.69. The first-order valence-electron chi connectivity index (χ1n) is 3.89. The van der Waals surface area contributed by atoms with Crippen LogP contribution in [0.3, 0.4) is 0 Å². The number of halogens is 3. The van der Waals surface area contributed by atoms with Gasteiger partial charge in [-0.25, -0.2) is 0 Å². The van der Waals surface area contributed by atoms with Crippen LogP contribution in [0.1, 0.15) is 0 Å². The minimum absolute atomic E-state index is 0.448. The molecule has 5 heteroatoms. The Balaban J connectivity index is 3.06. The van der Waals surface area contributed by atoms with E-state index in [0.29, 0.717) is 0 Å². The van der Waals surface area contributed by atoms with Crippen molar-refractivity contribution in [3.8, 4) is 0 Å². The molecule has 0 saturated heterocycles. The van der Waals surface area contributed by atoms with Gasteiger partial charge in [0.25, 0.3) is 0 Å². The van der Waals surface area contributed by atoms with Gasteiger partial charge < -0.3 is 0 Å². The Labute approximate surface area is 95.5 Å². The van der Waals surface area contributed by atoms with Gasteiger partial charge in [0.15, 0.2) is 0 Å². The Bertz CT molecular complexity index is 294. The van der Waals surface area contributed by atoms with Crippen LogP contribution in [-0.2, 0) is 0 Å². The molecule has 0 saturated carbocycles. The van der Waals surface area contributed by atoms with E-state index < -0.39 is 14.8 Å². The van der Waals surface area contributed by atoms with E-state index in [1.165, 1.54) is 5.19 Å². The summed E-state index contributed by atoms with van der Waals surface area (Å²) < 4.78 is 0. The van der Waals surface area contributed by atoms with Gasteiger partial charge in [0.2, 0.25) is 0 Å². The lowest BCUT2D eigenvalue weighted by Crippen LogP contribution is -2.35. The van der Waals surface area contributed by atoms with Crippen molar-refractivity contribution < 1.29 is 0 Å². The highest BCUT2D eigenvalue weighted by Gasteiger charge is 2.28. The molecule has 71 valence electrons. The third-order valence-electron chi connectivity index (χ3n) is 1.77. The average molecular weight is 269 g/mol. The highest BCUT2D eigenvalue weighted by Crippen LogP contribution is 2.18. The first-order chi connectivity index (χ1) is 5.91. The van der Waals surface area contributed by atoms with E-state index in [1.807, 2.05) is 18.2 Å². The van der Waals surface area contributed by atoms with Crippen molar-refractivity contribution in [3.63, 3.8) is 0 Å². The summed E-state index contributed by atoms with van der Waals surface area (Å²) in [7, 11) is -0.448. The van der Waals surface area contributed by atoms with Gasteiger partial charge >= 0.3 is 6.00 Å². The Kier molecular flexibility index (Phi) is 3.89. The molecule has 0 aliphatic carbocycles. The molecule has 13 heavy (non-hydrogen) atoms. The summed E-state index contributed by atoms with van der Waals surface area (Å²) in [5, 5.41) is 2.21. The SMILES string of the molecule is C[Si](C)c1cccc([Si](Cl)(Cl)Cl)c1. The van der Waals surface area contributed by atoms with E-state index in [4.69, 9.17) is 33.2 Å². The largest absolute Gasteiger partial charge is 0.372 e. The van der Waals surface area contributed by atoms with Gasteiger partial charge in [0, 0.05) is 0 Å². The maximum absolute atomic E-state index is 5.92. The molecule has 0 aliphatic rings. The molecule has 0 unspecified atom stereocenters. The van der Waals surface area contributed by atoms with Crippen molar-refractivity contribution in [1.82, 2.24) is 0 Å². The predicted molar refractivity (Wildman–Crippen MR) is 66.5 cm³/mol. The van der Waals surface area contributed by atoms with Gasteiger partial charge in [0.1, 0.15) is 0 Å². The molecule has 0 heterocycles. The predicted octanol–water partition coefficient (Wildman–Crippen LogP) is 2.51. The molecule has 0 fully saturated rings. The summed E-state index contributed by atoms with van der Waals surface area (Å²) in [6.07, 6.45) is 0. The molecular weight excluding hydrogens is 259 g/mol. The van der Waals surface area contributed by atoms with E-state index in [-0.39, 0.29) is 0 Å². The van der Waals surface area contributed by atoms with Crippen LogP contribution >= 0.6 is 33.2 Å². The van der Waals surface area contributed by atoms with Crippen LogP contribution in [0.25, 0.3) is 0 Å². The normalized spacial score (nSPS) is 12.2. The molecule has 0 atom stereocenters. The zero-order valence-corrected chi connectivity index (χ0v) is 11.7. The van der Waals surface area contributed by atoms with E-state index in [1.54, 1.807) is 0 Å². The van der Waals surface area contributed by atoms with E-state index in [9.17, 15) is 0 Å². The second-order valence-electron chi connectivity index (χ2n) is 3.08. The van der Waals surface area contributed by atoms with Crippen LogP contribution in [0.5, 0.6) is 0 Å². The second-order valence-corrected chi connectivity index (χ2v) is 14.1. The molecule has 0 spiro atoms. The lowest BCUT2D eigenvalue weighted by Gasteiger charge is -2.11. The number of hydrogen-bond donors (Lipinski definition) is 0. The summed E-state index contributed by atoms with van der Waals surface area (Å²) in [5.74, 6) is 0. The highest BCUT2D eigenvalue weighted by atomic mass is 35.8. The molecule has 0 N–H and O–H groups in total. The summed E-state index contributed by atoms with van der Waals surface area (Å²) in [6.45, 7) is 4.45. The van der Waals surface area contributed by atoms with Gasteiger partial charge in [-0.05, 0) is 5.19 Å². The lowest BCUT2D eigenvalue weighted by atomic mass is 10.4. The zero-order chi connectivity index (χ0) is 10.1. The van der Waals surface area contributed by atoms with Gasteiger partial charge in [0.05, 0.1) is 8.80 Å². The maximum atomic E-state index is 5.92. The topological polar surface area (TPSA) is 0 Å². The smallest absolute Gasteiger partial charge is 0.121 e. The summed E-state index contributed by atoms with van der Waals surface area (Å²) in [6, 6.07) is 5.32. The van der Waals surface area contributed by atoms with E-state index in [0.717, 1.165) is 5.19 Å². The molecule has 0 bridgehead atoms. The minimum atomic E-state index is -2.68. The number of hydrogen-bond acceptors (Lipinski definition) is 0. The number of benzene rings is 1. The van der Waals surface area contributed by atoms with Crippen LogP contribution in [0.15, 0.2) is 24.3 Å².